The van der Waals surface area contributed by atoms with Crippen molar-refractivity contribution in [3.05, 3.63) is 23.8 Å². The number of rotatable bonds is 11. The molecule has 0 unspecified atom stereocenters. The Bertz CT molecular complexity index is 375. The molecule has 2 N–H and O–H groups in total. The van der Waals surface area contributed by atoms with E-state index in [4.69, 9.17) is 14.6 Å². The summed E-state index contributed by atoms with van der Waals surface area (Å²) in [5.41, 5.74) is 1.17. The summed E-state index contributed by atoms with van der Waals surface area (Å²) in [6, 6.07) is 5.89. The molecule has 0 aliphatic rings. The highest BCUT2D eigenvalue weighted by molar-refractivity contribution is 5.85. The number of aliphatic hydroxyl groups excluding tert-OH is 1. The summed E-state index contributed by atoms with van der Waals surface area (Å²) in [6.45, 7) is 4.39. The maximum Gasteiger partial charge on any atom is 0.161 e. The minimum absolute atomic E-state index is 0. The first-order valence-electron chi connectivity index (χ1n) is 7.43. The average Bonchev–Trinajstić information content (AvgIpc) is 2.49. The van der Waals surface area contributed by atoms with E-state index in [-0.39, 0.29) is 25.6 Å². The fourth-order valence-electron chi connectivity index (χ4n) is 2.01. The maximum atomic E-state index is 8.77. The second-order valence-electron chi connectivity index (χ2n) is 4.79. The summed E-state index contributed by atoms with van der Waals surface area (Å²) in [4.78, 5) is 0. The third-order valence-electron chi connectivity index (χ3n) is 3.11. The van der Waals surface area contributed by atoms with Crippen LogP contribution in [0.2, 0.25) is 0 Å². The number of hydrogen-bond acceptors (Lipinski definition) is 4. The second kappa shape index (κ2) is 12.7. The Hall–Kier alpha value is -0.970. The van der Waals surface area contributed by atoms with Crippen molar-refractivity contribution in [3.8, 4) is 11.5 Å². The Morgan fingerprint density at radius 1 is 1.14 bits per heavy atom. The number of hydrogen-bond donors (Lipinski definition) is 2. The first-order valence-corrected chi connectivity index (χ1v) is 7.43. The number of halogens is 1. The van der Waals surface area contributed by atoms with Crippen molar-refractivity contribution in [1.29, 1.82) is 0 Å². The normalized spacial score (nSPS) is 10.0. The van der Waals surface area contributed by atoms with Gasteiger partial charge in [-0.15, -0.1) is 12.4 Å². The van der Waals surface area contributed by atoms with Crippen LogP contribution in [0.5, 0.6) is 11.5 Å². The predicted octanol–water partition coefficient (Wildman–Crippen LogP) is 3.16. The minimum Gasteiger partial charge on any atom is -0.493 e. The lowest BCUT2D eigenvalue weighted by molar-refractivity contribution is 0.196. The van der Waals surface area contributed by atoms with Crippen molar-refractivity contribution < 1.29 is 14.6 Å². The van der Waals surface area contributed by atoms with Gasteiger partial charge in [0.05, 0.1) is 13.7 Å². The highest BCUT2D eigenvalue weighted by Crippen LogP contribution is 2.27. The predicted molar refractivity (Wildman–Crippen MR) is 88.7 cm³/mol. The number of unbranched alkanes of at least 4 members (excludes halogenated alkanes) is 3. The third kappa shape index (κ3) is 8.15. The summed E-state index contributed by atoms with van der Waals surface area (Å²) in [6.07, 6.45) is 5.10. The van der Waals surface area contributed by atoms with E-state index in [0.717, 1.165) is 13.1 Å². The van der Waals surface area contributed by atoms with Crippen molar-refractivity contribution in [1.82, 2.24) is 5.32 Å². The summed E-state index contributed by atoms with van der Waals surface area (Å²) < 4.78 is 10.7. The molecule has 0 amide bonds. The second-order valence-corrected chi connectivity index (χ2v) is 4.79. The highest BCUT2D eigenvalue weighted by atomic mass is 35.5. The third-order valence-corrected chi connectivity index (χ3v) is 3.11. The Balaban J connectivity index is 0.00000400. The Labute approximate surface area is 134 Å². The molecule has 0 aromatic heterocycles. The molecule has 0 atom stereocenters. The van der Waals surface area contributed by atoms with Gasteiger partial charge in [-0.3, -0.25) is 0 Å². The first-order chi connectivity index (χ1) is 9.81. The fraction of sp³-hybridized carbons (Fsp3) is 0.625. The van der Waals surface area contributed by atoms with Crippen LogP contribution >= 0.6 is 12.4 Å². The molecule has 1 aromatic rings. The lowest BCUT2D eigenvalue weighted by Crippen LogP contribution is -2.14. The molecule has 1 aromatic carbocycles. The molecule has 4 nitrogen and oxygen atoms in total. The summed E-state index contributed by atoms with van der Waals surface area (Å²) in [5, 5.41) is 12.2. The molecule has 0 aliphatic carbocycles. The fourth-order valence-corrected chi connectivity index (χ4v) is 2.01. The standard InChI is InChI=1S/C16H27NO3.ClH/c1-3-4-5-6-9-17-13-14-7-8-15(20-11-10-18)16(12-14)19-2;/h7-8,12,17-18H,3-6,9-11,13H2,1-2H3;1H. The van der Waals surface area contributed by atoms with Gasteiger partial charge >= 0.3 is 0 Å². The molecule has 0 saturated carbocycles. The van der Waals surface area contributed by atoms with Gasteiger partial charge in [0.15, 0.2) is 11.5 Å². The van der Waals surface area contributed by atoms with E-state index in [9.17, 15) is 0 Å². The van der Waals surface area contributed by atoms with Crippen LogP contribution in [0.4, 0.5) is 0 Å². The molecule has 21 heavy (non-hydrogen) atoms. The van der Waals surface area contributed by atoms with Crippen molar-refractivity contribution >= 4 is 12.4 Å². The topological polar surface area (TPSA) is 50.7 Å². The molecule has 1 rings (SSSR count). The molecule has 0 saturated heterocycles. The molecule has 0 aliphatic heterocycles. The van der Waals surface area contributed by atoms with Gasteiger partial charge in [-0.2, -0.15) is 0 Å². The van der Waals surface area contributed by atoms with Gasteiger partial charge in [0.25, 0.3) is 0 Å². The van der Waals surface area contributed by atoms with Gasteiger partial charge in [-0.25, -0.2) is 0 Å². The average molecular weight is 318 g/mol. The van der Waals surface area contributed by atoms with Crippen LogP contribution in [-0.4, -0.2) is 32.0 Å². The number of methoxy groups -OCH3 is 1. The maximum absolute atomic E-state index is 8.77. The quantitative estimate of drug-likeness (QED) is 0.616. The molecule has 0 fully saturated rings. The van der Waals surface area contributed by atoms with E-state index < -0.39 is 0 Å². The Kier molecular flexibility index (Phi) is 12.2. The van der Waals surface area contributed by atoms with Gasteiger partial charge in [0, 0.05) is 6.54 Å². The number of benzene rings is 1. The van der Waals surface area contributed by atoms with Crippen LogP contribution < -0.4 is 14.8 Å². The monoisotopic (exact) mass is 317 g/mol. The Morgan fingerprint density at radius 3 is 2.62 bits per heavy atom. The van der Waals surface area contributed by atoms with Gasteiger partial charge in [-0.05, 0) is 30.7 Å². The van der Waals surface area contributed by atoms with Crippen LogP contribution in [0.25, 0.3) is 0 Å². The molecular weight excluding hydrogens is 290 g/mol. The molecule has 0 radical (unpaired) electrons. The van der Waals surface area contributed by atoms with Crippen molar-refractivity contribution in [2.75, 3.05) is 26.9 Å². The van der Waals surface area contributed by atoms with Crippen LogP contribution in [0.1, 0.15) is 38.2 Å². The van der Waals surface area contributed by atoms with Crippen LogP contribution in [0.3, 0.4) is 0 Å². The van der Waals surface area contributed by atoms with E-state index >= 15 is 0 Å². The number of nitrogens with one attached hydrogen (secondary N) is 1. The van der Waals surface area contributed by atoms with Gasteiger partial charge in [0.1, 0.15) is 6.61 Å². The first kappa shape index (κ1) is 20.0. The van der Waals surface area contributed by atoms with Crippen molar-refractivity contribution in [3.63, 3.8) is 0 Å². The van der Waals surface area contributed by atoms with E-state index in [1.165, 1.54) is 31.2 Å². The molecule has 5 heteroatoms. The molecule has 0 bridgehead atoms. The zero-order valence-corrected chi connectivity index (χ0v) is 13.9. The van der Waals surface area contributed by atoms with E-state index in [1.54, 1.807) is 7.11 Å². The highest BCUT2D eigenvalue weighted by Gasteiger charge is 2.05. The zero-order valence-electron chi connectivity index (χ0n) is 13.1. The van der Waals surface area contributed by atoms with Gasteiger partial charge < -0.3 is 19.9 Å². The lowest BCUT2D eigenvalue weighted by Gasteiger charge is -2.12. The SMILES string of the molecule is CCCCCCNCc1ccc(OCCO)c(OC)c1.Cl. The molecular formula is C16H28ClNO3. The summed E-state index contributed by atoms with van der Waals surface area (Å²) in [7, 11) is 1.63. The van der Waals surface area contributed by atoms with E-state index in [1.807, 2.05) is 18.2 Å². The van der Waals surface area contributed by atoms with E-state index in [0.29, 0.717) is 11.5 Å². The van der Waals surface area contributed by atoms with Crippen molar-refractivity contribution in [2.45, 2.75) is 39.2 Å². The number of aliphatic hydroxyl groups is 1. The zero-order chi connectivity index (χ0) is 14.6. The van der Waals surface area contributed by atoms with Gasteiger partial charge in [0.2, 0.25) is 0 Å². The molecule has 122 valence electrons. The van der Waals surface area contributed by atoms with Gasteiger partial charge in [-0.1, -0.05) is 32.3 Å². The van der Waals surface area contributed by atoms with Crippen LogP contribution in [0, 0.1) is 0 Å². The number of ether oxygens (including phenoxy) is 2. The Morgan fingerprint density at radius 2 is 1.95 bits per heavy atom. The summed E-state index contributed by atoms with van der Waals surface area (Å²) >= 11 is 0. The lowest BCUT2D eigenvalue weighted by atomic mass is 10.2. The molecule has 0 spiro atoms. The smallest absolute Gasteiger partial charge is 0.161 e. The van der Waals surface area contributed by atoms with Crippen LogP contribution in [0.15, 0.2) is 18.2 Å². The largest absolute Gasteiger partial charge is 0.493 e. The van der Waals surface area contributed by atoms with E-state index in [2.05, 4.69) is 12.2 Å². The van der Waals surface area contributed by atoms with Crippen LogP contribution in [-0.2, 0) is 6.54 Å². The molecule has 0 heterocycles. The minimum atomic E-state index is 0. The van der Waals surface area contributed by atoms with Crippen molar-refractivity contribution in [2.24, 2.45) is 0 Å². The summed E-state index contributed by atoms with van der Waals surface area (Å²) in [5.74, 6) is 1.39.